The SMILES string of the molecule is COc1cccc(-c2nc(-c3ccccn3)nc3c2=CCCC=3)c1. The second-order valence-electron chi connectivity index (χ2n) is 5.63. The molecule has 1 aromatic carbocycles. The zero-order chi connectivity index (χ0) is 16.4. The highest BCUT2D eigenvalue weighted by Gasteiger charge is 2.11. The van der Waals surface area contributed by atoms with Gasteiger partial charge in [0.1, 0.15) is 11.4 Å². The predicted octanol–water partition coefficient (Wildman–Crippen LogP) is 2.57. The summed E-state index contributed by atoms with van der Waals surface area (Å²) in [5, 5.41) is 2.07. The molecular formula is C20H17N3O. The van der Waals surface area contributed by atoms with E-state index in [-0.39, 0.29) is 0 Å². The van der Waals surface area contributed by atoms with Gasteiger partial charge in [-0.15, -0.1) is 0 Å². The maximum Gasteiger partial charge on any atom is 0.179 e. The monoisotopic (exact) mass is 315 g/mol. The van der Waals surface area contributed by atoms with Gasteiger partial charge in [0.05, 0.1) is 18.2 Å². The molecule has 4 rings (SSSR count). The standard InChI is InChI=1S/C20H17N3O/c1-24-15-8-6-7-14(13-15)19-16-9-2-3-10-17(16)22-20(23-19)18-11-4-5-12-21-18/h4-13H,2-3H2,1H3. The largest absolute Gasteiger partial charge is 0.497 e. The quantitative estimate of drug-likeness (QED) is 0.745. The number of hydrogen-bond acceptors (Lipinski definition) is 4. The minimum absolute atomic E-state index is 0.652. The van der Waals surface area contributed by atoms with E-state index >= 15 is 0 Å². The lowest BCUT2D eigenvalue weighted by Crippen LogP contribution is -2.33. The molecule has 0 unspecified atom stereocenters. The van der Waals surface area contributed by atoms with Crippen molar-refractivity contribution in [3.8, 4) is 28.5 Å². The first-order valence-corrected chi connectivity index (χ1v) is 7.99. The minimum atomic E-state index is 0.652. The van der Waals surface area contributed by atoms with Crippen molar-refractivity contribution in [3.05, 3.63) is 59.2 Å². The van der Waals surface area contributed by atoms with Crippen molar-refractivity contribution in [3.63, 3.8) is 0 Å². The van der Waals surface area contributed by atoms with E-state index in [1.165, 1.54) is 0 Å². The zero-order valence-electron chi connectivity index (χ0n) is 13.4. The van der Waals surface area contributed by atoms with Crippen LogP contribution < -0.4 is 15.3 Å². The maximum atomic E-state index is 5.36. The van der Waals surface area contributed by atoms with Crippen molar-refractivity contribution in [2.45, 2.75) is 12.8 Å². The molecule has 1 aliphatic carbocycles. The Hall–Kier alpha value is -3.01. The van der Waals surface area contributed by atoms with Gasteiger partial charge in [0, 0.05) is 17.0 Å². The summed E-state index contributed by atoms with van der Waals surface area (Å²) in [6.45, 7) is 0. The van der Waals surface area contributed by atoms with Gasteiger partial charge in [0.25, 0.3) is 0 Å². The van der Waals surface area contributed by atoms with Crippen LogP contribution in [0.15, 0.2) is 48.7 Å². The van der Waals surface area contributed by atoms with Crippen LogP contribution in [0.4, 0.5) is 0 Å². The molecule has 0 N–H and O–H groups in total. The molecule has 0 saturated carbocycles. The van der Waals surface area contributed by atoms with Crippen LogP contribution in [-0.2, 0) is 0 Å². The van der Waals surface area contributed by atoms with E-state index in [9.17, 15) is 0 Å². The second-order valence-corrected chi connectivity index (χ2v) is 5.63. The Kier molecular flexibility index (Phi) is 3.79. The molecule has 2 aromatic heterocycles. The Labute approximate surface area is 140 Å². The Morgan fingerprint density at radius 1 is 0.958 bits per heavy atom. The number of methoxy groups -OCH3 is 1. The van der Waals surface area contributed by atoms with E-state index in [2.05, 4.69) is 23.2 Å². The van der Waals surface area contributed by atoms with Crippen molar-refractivity contribution < 1.29 is 4.74 Å². The van der Waals surface area contributed by atoms with E-state index in [1.807, 2.05) is 36.4 Å². The summed E-state index contributed by atoms with van der Waals surface area (Å²) in [4.78, 5) is 13.9. The molecule has 0 spiro atoms. The van der Waals surface area contributed by atoms with Crippen molar-refractivity contribution in [2.75, 3.05) is 7.11 Å². The van der Waals surface area contributed by atoms with Crippen LogP contribution >= 0.6 is 0 Å². The summed E-state index contributed by atoms with van der Waals surface area (Å²) in [6.07, 6.45) is 8.16. The Balaban J connectivity index is 1.99. The number of hydrogen-bond donors (Lipinski definition) is 0. The second kappa shape index (κ2) is 6.24. The zero-order valence-corrected chi connectivity index (χ0v) is 13.4. The number of aromatic nitrogens is 3. The topological polar surface area (TPSA) is 47.9 Å². The molecule has 24 heavy (non-hydrogen) atoms. The summed E-state index contributed by atoms with van der Waals surface area (Å²) in [5.74, 6) is 1.47. The molecule has 4 heteroatoms. The Morgan fingerprint density at radius 3 is 2.71 bits per heavy atom. The van der Waals surface area contributed by atoms with Crippen molar-refractivity contribution >= 4 is 12.2 Å². The third kappa shape index (κ3) is 2.67. The molecule has 1 aliphatic rings. The molecule has 3 aromatic rings. The van der Waals surface area contributed by atoms with E-state index in [0.29, 0.717) is 5.82 Å². The van der Waals surface area contributed by atoms with Gasteiger partial charge in [-0.25, -0.2) is 9.97 Å². The van der Waals surface area contributed by atoms with Crippen molar-refractivity contribution in [2.24, 2.45) is 0 Å². The highest BCUT2D eigenvalue weighted by atomic mass is 16.5. The number of ether oxygens (including phenoxy) is 1. The maximum absolute atomic E-state index is 5.36. The van der Waals surface area contributed by atoms with Crippen LogP contribution in [-0.4, -0.2) is 22.1 Å². The number of rotatable bonds is 3. The Morgan fingerprint density at radius 2 is 1.88 bits per heavy atom. The first-order chi connectivity index (χ1) is 11.8. The summed E-state index contributed by atoms with van der Waals surface area (Å²) >= 11 is 0. The fraction of sp³-hybridized carbons (Fsp3) is 0.150. The van der Waals surface area contributed by atoms with Gasteiger partial charge in [-0.2, -0.15) is 0 Å². The summed E-state index contributed by atoms with van der Waals surface area (Å²) in [6, 6.07) is 13.8. The lowest BCUT2D eigenvalue weighted by molar-refractivity contribution is 0.415. The smallest absolute Gasteiger partial charge is 0.179 e. The van der Waals surface area contributed by atoms with Gasteiger partial charge >= 0.3 is 0 Å². The number of pyridine rings is 1. The molecule has 0 aliphatic heterocycles. The molecule has 4 nitrogen and oxygen atoms in total. The molecule has 0 radical (unpaired) electrons. The van der Waals surface area contributed by atoms with Crippen molar-refractivity contribution in [1.29, 1.82) is 0 Å². The first-order valence-electron chi connectivity index (χ1n) is 7.99. The third-order valence-corrected chi connectivity index (χ3v) is 4.07. The minimum Gasteiger partial charge on any atom is -0.497 e. The molecule has 2 heterocycles. The van der Waals surface area contributed by atoms with Gasteiger partial charge in [0.2, 0.25) is 0 Å². The number of nitrogens with zero attached hydrogens (tertiary/aromatic N) is 3. The fourth-order valence-electron chi connectivity index (χ4n) is 2.89. The Bertz CT molecular complexity index is 997. The van der Waals surface area contributed by atoms with Crippen LogP contribution in [0.5, 0.6) is 5.75 Å². The summed E-state index contributed by atoms with van der Waals surface area (Å²) < 4.78 is 5.36. The summed E-state index contributed by atoms with van der Waals surface area (Å²) in [5.41, 5.74) is 2.73. The van der Waals surface area contributed by atoms with Gasteiger partial charge in [-0.3, -0.25) is 4.98 Å². The first kappa shape index (κ1) is 14.6. The fourth-order valence-corrected chi connectivity index (χ4v) is 2.89. The van der Waals surface area contributed by atoms with Crippen molar-refractivity contribution in [1.82, 2.24) is 15.0 Å². The third-order valence-electron chi connectivity index (χ3n) is 4.07. The molecule has 0 fully saturated rings. The molecular weight excluding hydrogens is 298 g/mol. The van der Waals surface area contributed by atoms with Crippen LogP contribution in [0.1, 0.15) is 12.8 Å². The van der Waals surface area contributed by atoms with Crippen LogP contribution in [0.2, 0.25) is 0 Å². The highest BCUT2D eigenvalue weighted by Crippen LogP contribution is 2.21. The van der Waals surface area contributed by atoms with Crippen LogP contribution in [0.3, 0.4) is 0 Å². The van der Waals surface area contributed by atoms with Gasteiger partial charge in [-0.05, 0) is 37.1 Å². The van der Waals surface area contributed by atoms with E-state index in [4.69, 9.17) is 14.7 Å². The average molecular weight is 315 g/mol. The molecule has 118 valence electrons. The van der Waals surface area contributed by atoms with Gasteiger partial charge in [0.15, 0.2) is 5.82 Å². The number of fused-ring (bicyclic) bond motifs is 1. The number of benzene rings is 1. The van der Waals surface area contributed by atoms with Crippen LogP contribution in [0.25, 0.3) is 34.9 Å². The van der Waals surface area contributed by atoms with E-state index in [1.54, 1.807) is 13.3 Å². The van der Waals surface area contributed by atoms with E-state index in [0.717, 1.165) is 46.1 Å². The lowest BCUT2D eigenvalue weighted by Gasteiger charge is -2.10. The molecule has 0 bridgehead atoms. The summed E-state index contributed by atoms with van der Waals surface area (Å²) in [7, 11) is 1.67. The van der Waals surface area contributed by atoms with Gasteiger partial charge < -0.3 is 4.74 Å². The normalized spacial score (nSPS) is 12.7. The van der Waals surface area contributed by atoms with E-state index < -0.39 is 0 Å². The van der Waals surface area contributed by atoms with Crippen LogP contribution in [0, 0.1) is 0 Å². The average Bonchev–Trinajstić information content (AvgIpc) is 2.68. The molecule has 0 amide bonds. The highest BCUT2D eigenvalue weighted by molar-refractivity contribution is 5.66. The van der Waals surface area contributed by atoms with Gasteiger partial charge in [-0.1, -0.05) is 30.4 Å². The molecule has 0 saturated heterocycles. The predicted molar refractivity (Wildman–Crippen MR) is 94.7 cm³/mol. The molecule has 0 atom stereocenters. The lowest BCUT2D eigenvalue weighted by atomic mass is 10.0.